The van der Waals surface area contributed by atoms with Crippen molar-refractivity contribution in [2.45, 2.75) is 13.3 Å². The first-order chi connectivity index (χ1) is 10.2. The zero-order chi connectivity index (χ0) is 15.1. The van der Waals surface area contributed by atoms with E-state index in [0.29, 0.717) is 0 Å². The van der Waals surface area contributed by atoms with Crippen LogP contribution >= 0.6 is 0 Å². The standard InChI is InChI=1S/C20H21N/c1-4-15-21(19-9-7-6-8-10-19)20-13-11-18(12-14-20)16-17(3)5-2/h4-15H,2-3,16H2,1H3/b15-4+. The maximum atomic E-state index is 3.96. The Hall–Kier alpha value is -2.54. The number of hydrogen-bond acceptors (Lipinski definition) is 1. The van der Waals surface area contributed by atoms with Crippen LogP contribution < -0.4 is 4.90 Å². The van der Waals surface area contributed by atoms with Gasteiger partial charge in [-0.15, -0.1) is 0 Å². The Labute approximate surface area is 127 Å². The Balaban J connectivity index is 2.26. The summed E-state index contributed by atoms with van der Waals surface area (Å²) in [6.07, 6.45) is 6.77. The summed E-state index contributed by atoms with van der Waals surface area (Å²) < 4.78 is 0. The van der Waals surface area contributed by atoms with Crippen molar-refractivity contribution in [1.82, 2.24) is 0 Å². The molecule has 0 bridgehead atoms. The van der Waals surface area contributed by atoms with Gasteiger partial charge in [0.2, 0.25) is 0 Å². The lowest BCUT2D eigenvalue weighted by atomic mass is 10.1. The predicted octanol–water partition coefficient (Wildman–Crippen LogP) is 5.64. The van der Waals surface area contributed by atoms with Gasteiger partial charge in [-0.1, -0.05) is 61.2 Å². The lowest BCUT2D eigenvalue weighted by molar-refractivity contribution is 1.19. The van der Waals surface area contributed by atoms with Crippen molar-refractivity contribution < 1.29 is 0 Å². The van der Waals surface area contributed by atoms with Crippen molar-refractivity contribution in [3.05, 3.63) is 97.2 Å². The quantitative estimate of drug-likeness (QED) is 0.616. The molecule has 0 saturated heterocycles. The van der Waals surface area contributed by atoms with E-state index in [2.05, 4.69) is 60.7 Å². The molecule has 0 amide bonds. The van der Waals surface area contributed by atoms with Crippen LogP contribution in [0.3, 0.4) is 0 Å². The minimum Gasteiger partial charge on any atom is -0.318 e. The fourth-order valence-corrected chi connectivity index (χ4v) is 2.17. The van der Waals surface area contributed by atoms with Gasteiger partial charge in [0, 0.05) is 17.6 Å². The molecule has 2 aromatic rings. The summed E-state index contributed by atoms with van der Waals surface area (Å²) in [5.41, 5.74) is 4.58. The first-order valence-corrected chi connectivity index (χ1v) is 7.11. The lowest BCUT2D eigenvalue weighted by Crippen LogP contribution is -2.08. The Morgan fingerprint density at radius 2 is 1.62 bits per heavy atom. The van der Waals surface area contributed by atoms with E-state index in [1.165, 1.54) is 5.56 Å². The normalized spacial score (nSPS) is 10.5. The maximum Gasteiger partial charge on any atom is 0.0455 e. The van der Waals surface area contributed by atoms with Crippen molar-refractivity contribution in [2.75, 3.05) is 4.90 Å². The van der Waals surface area contributed by atoms with Gasteiger partial charge in [0.1, 0.15) is 0 Å². The molecular weight excluding hydrogens is 254 g/mol. The second kappa shape index (κ2) is 7.30. The molecule has 106 valence electrons. The average Bonchev–Trinajstić information content (AvgIpc) is 2.54. The molecule has 0 radical (unpaired) electrons. The molecule has 0 fully saturated rings. The Morgan fingerprint density at radius 3 is 2.19 bits per heavy atom. The van der Waals surface area contributed by atoms with Crippen LogP contribution in [0.5, 0.6) is 0 Å². The van der Waals surface area contributed by atoms with E-state index in [1.54, 1.807) is 0 Å². The van der Waals surface area contributed by atoms with E-state index in [0.717, 1.165) is 23.4 Å². The van der Waals surface area contributed by atoms with Gasteiger partial charge in [0.15, 0.2) is 0 Å². The summed E-state index contributed by atoms with van der Waals surface area (Å²) in [5, 5.41) is 0. The molecule has 0 spiro atoms. The Kier molecular flexibility index (Phi) is 5.16. The molecule has 0 aliphatic rings. The van der Waals surface area contributed by atoms with Crippen molar-refractivity contribution in [1.29, 1.82) is 0 Å². The number of allylic oxidation sites excluding steroid dienone is 3. The summed E-state index contributed by atoms with van der Waals surface area (Å²) in [4.78, 5) is 2.17. The second-order valence-corrected chi connectivity index (χ2v) is 4.89. The first kappa shape index (κ1) is 14.9. The van der Waals surface area contributed by atoms with E-state index < -0.39 is 0 Å². The summed E-state index contributed by atoms with van der Waals surface area (Å²) in [7, 11) is 0. The number of hydrogen-bond donors (Lipinski definition) is 0. The minimum atomic E-state index is 0.846. The van der Waals surface area contributed by atoms with Crippen LogP contribution in [0.2, 0.25) is 0 Å². The highest BCUT2D eigenvalue weighted by Crippen LogP contribution is 2.26. The van der Waals surface area contributed by atoms with Crippen molar-refractivity contribution in [2.24, 2.45) is 0 Å². The summed E-state index contributed by atoms with van der Waals surface area (Å²) in [6.45, 7) is 9.74. The van der Waals surface area contributed by atoms with E-state index >= 15 is 0 Å². The lowest BCUT2D eigenvalue weighted by Gasteiger charge is -2.21. The third kappa shape index (κ3) is 3.96. The molecule has 2 aromatic carbocycles. The molecule has 0 aromatic heterocycles. The molecule has 0 atom stereocenters. The van der Waals surface area contributed by atoms with Crippen LogP contribution in [0.25, 0.3) is 0 Å². The zero-order valence-electron chi connectivity index (χ0n) is 12.5. The molecule has 0 aliphatic heterocycles. The summed E-state index contributed by atoms with van der Waals surface area (Å²) >= 11 is 0. The number of benzene rings is 2. The molecule has 21 heavy (non-hydrogen) atoms. The van der Waals surface area contributed by atoms with Crippen molar-refractivity contribution in [3.63, 3.8) is 0 Å². The van der Waals surface area contributed by atoms with E-state index in [4.69, 9.17) is 0 Å². The molecule has 0 heterocycles. The van der Waals surface area contributed by atoms with Crippen LogP contribution in [-0.4, -0.2) is 0 Å². The van der Waals surface area contributed by atoms with Crippen LogP contribution in [0, 0.1) is 0 Å². The molecule has 0 saturated carbocycles. The van der Waals surface area contributed by atoms with Crippen molar-refractivity contribution in [3.8, 4) is 0 Å². The predicted molar refractivity (Wildman–Crippen MR) is 92.9 cm³/mol. The first-order valence-electron chi connectivity index (χ1n) is 7.11. The fourth-order valence-electron chi connectivity index (χ4n) is 2.17. The highest BCUT2D eigenvalue weighted by molar-refractivity contribution is 5.66. The van der Waals surface area contributed by atoms with E-state index in [-0.39, 0.29) is 0 Å². The number of anilines is 2. The van der Waals surface area contributed by atoms with E-state index in [9.17, 15) is 0 Å². The SMILES string of the molecule is C=CC(=C)Cc1ccc(N(/C=C/C)c2ccccc2)cc1. The molecule has 0 unspecified atom stereocenters. The van der Waals surface area contributed by atoms with Crippen LogP contribution in [0.15, 0.2) is 91.7 Å². The van der Waals surface area contributed by atoms with Crippen molar-refractivity contribution >= 4 is 11.4 Å². The molecule has 0 N–H and O–H groups in total. The number of para-hydroxylation sites is 1. The van der Waals surface area contributed by atoms with Gasteiger partial charge in [-0.2, -0.15) is 0 Å². The highest BCUT2D eigenvalue weighted by Gasteiger charge is 2.05. The van der Waals surface area contributed by atoms with Gasteiger partial charge in [-0.25, -0.2) is 0 Å². The molecular formula is C20H21N. The van der Waals surface area contributed by atoms with Gasteiger partial charge in [-0.3, -0.25) is 0 Å². The Morgan fingerprint density at radius 1 is 1.00 bits per heavy atom. The third-order valence-electron chi connectivity index (χ3n) is 3.27. The van der Waals surface area contributed by atoms with Gasteiger partial charge >= 0.3 is 0 Å². The highest BCUT2D eigenvalue weighted by atomic mass is 15.1. The number of rotatable bonds is 6. The average molecular weight is 275 g/mol. The van der Waals surface area contributed by atoms with Gasteiger partial charge in [-0.05, 0) is 43.2 Å². The zero-order valence-corrected chi connectivity index (χ0v) is 12.5. The maximum absolute atomic E-state index is 3.96. The van der Waals surface area contributed by atoms with E-state index in [1.807, 2.05) is 37.3 Å². The third-order valence-corrected chi connectivity index (χ3v) is 3.27. The van der Waals surface area contributed by atoms with Crippen LogP contribution in [0.1, 0.15) is 12.5 Å². The second-order valence-electron chi connectivity index (χ2n) is 4.89. The smallest absolute Gasteiger partial charge is 0.0455 e. The molecule has 2 rings (SSSR count). The summed E-state index contributed by atoms with van der Waals surface area (Å²) in [5.74, 6) is 0. The Bertz CT molecular complexity index is 621. The topological polar surface area (TPSA) is 3.24 Å². The molecule has 1 heteroatoms. The van der Waals surface area contributed by atoms with Gasteiger partial charge in [0.25, 0.3) is 0 Å². The fraction of sp³-hybridized carbons (Fsp3) is 0.100. The van der Waals surface area contributed by atoms with Gasteiger partial charge in [0.05, 0.1) is 0 Å². The minimum absolute atomic E-state index is 0.846. The van der Waals surface area contributed by atoms with Crippen LogP contribution in [-0.2, 0) is 6.42 Å². The number of nitrogens with zero attached hydrogens (tertiary/aromatic N) is 1. The van der Waals surface area contributed by atoms with Crippen LogP contribution in [0.4, 0.5) is 11.4 Å². The largest absolute Gasteiger partial charge is 0.318 e. The molecule has 0 aliphatic carbocycles. The van der Waals surface area contributed by atoms with Gasteiger partial charge < -0.3 is 4.90 Å². The molecule has 1 nitrogen and oxygen atoms in total. The monoisotopic (exact) mass is 275 g/mol. The summed E-state index contributed by atoms with van der Waals surface area (Å²) in [6, 6.07) is 18.9.